The molecule has 27 heavy (non-hydrogen) atoms. The molecule has 3 rings (SSSR count). The van der Waals surface area contributed by atoms with Gasteiger partial charge in [0.1, 0.15) is 5.75 Å². The van der Waals surface area contributed by atoms with Gasteiger partial charge in [0.2, 0.25) is 0 Å². The number of carbonyl (C=O) groups excluding carboxylic acids is 1. The first-order valence-electron chi connectivity index (χ1n) is 8.45. The summed E-state index contributed by atoms with van der Waals surface area (Å²) < 4.78 is 10.6. The van der Waals surface area contributed by atoms with Crippen molar-refractivity contribution in [3.63, 3.8) is 0 Å². The van der Waals surface area contributed by atoms with E-state index >= 15 is 0 Å². The van der Waals surface area contributed by atoms with Crippen molar-refractivity contribution in [1.82, 2.24) is 15.2 Å². The van der Waals surface area contributed by atoms with Gasteiger partial charge in [-0.2, -0.15) is 0 Å². The van der Waals surface area contributed by atoms with Crippen molar-refractivity contribution < 1.29 is 19.2 Å². The lowest BCUT2D eigenvalue weighted by Crippen LogP contribution is -2.41. The monoisotopic (exact) mass is 392 g/mol. The van der Waals surface area contributed by atoms with Crippen LogP contribution in [-0.2, 0) is 4.74 Å². The highest BCUT2D eigenvalue weighted by Gasteiger charge is 2.18. The van der Waals surface area contributed by atoms with Crippen molar-refractivity contribution in [2.45, 2.75) is 0 Å². The second-order valence-corrected chi connectivity index (χ2v) is 6.75. The van der Waals surface area contributed by atoms with E-state index in [9.17, 15) is 14.9 Å². The van der Waals surface area contributed by atoms with E-state index < -0.39 is 4.92 Å². The van der Waals surface area contributed by atoms with Crippen LogP contribution in [0.3, 0.4) is 0 Å². The number of non-ortho nitro benzene ring substituents is 1. The van der Waals surface area contributed by atoms with E-state index in [0.717, 1.165) is 32.8 Å². The number of rotatable bonds is 7. The third kappa shape index (κ3) is 4.79. The third-order valence-electron chi connectivity index (χ3n) is 4.19. The molecule has 0 unspecified atom stereocenters. The van der Waals surface area contributed by atoms with Crippen LogP contribution in [0.15, 0.2) is 23.6 Å². The van der Waals surface area contributed by atoms with Crippen LogP contribution in [0.1, 0.15) is 9.80 Å². The summed E-state index contributed by atoms with van der Waals surface area (Å²) >= 11 is 1.19. The fraction of sp³-hybridized carbons (Fsp3) is 0.412. The number of morpholine rings is 1. The summed E-state index contributed by atoms with van der Waals surface area (Å²) in [4.78, 5) is 29.4. The van der Waals surface area contributed by atoms with Crippen molar-refractivity contribution in [1.29, 1.82) is 0 Å². The number of hydrogen-bond donors (Lipinski definition) is 1. The van der Waals surface area contributed by atoms with Crippen LogP contribution >= 0.6 is 11.3 Å². The van der Waals surface area contributed by atoms with Gasteiger partial charge in [-0.05, 0) is 6.07 Å². The van der Waals surface area contributed by atoms with Crippen molar-refractivity contribution >= 4 is 22.9 Å². The van der Waals surface area contributed by atoms with Crippen LogP contribution in [0, 0.1) is 10.1 Å². The first-order chi connectivity index (χ1) is 13.1. The number of hydrogen-bond acceptors (Lipinski definition) is 8. The van der Waals surface area contributed by atoms with E-state index in [1.165, 1.54) is 36.6 Å². The average molecular weight is 392 g/mol. The normalized spacial score (nSPS) is 14.7. The summed E-state index contributed by atoms with van der Waals surface area (Å²) in [7, 11) is 1.48. The van der Waals surface area contributed by atoms with E-state index in [4.69, 9.17) is 9.47 Å². The molecule has 0 bridgehead atoms. The Morgan fingerprint density at radius 2 is 2.22 bits per heavy atom. The number of ether oxygens (including phenoxy) is 2. The molecule has 1 aliphatic heterocycles. The Labute approximate surface area is 160 Å². The minimum Gasteiger partial charge on any atom is -0.496 e. The molecular formula is C17H20N4O5S. The summed E-state index contributed by atoms with van der Waals surface area (Å²) in [5, 5.41) is 15.9. The predicted octanol–water partition coefficient (Wildman–Crippen LogP) is 1.79. The fourth-order valence-electron chi connectivity index (χ4n) is 2.74. The molecule has 2 heterocycles. The second-order valence-electron chi connectivity index (χ2n) is 5.89. The number of nitro groups is 1. The second kappa shape index (κ2) is 8.89. The van der Waals surface area contributed by atoms with Gasteiger partial charge in [0, 0.05) is 49.3 Å². The van der Waals surface area contributed by atoms with Crippen LogP contribution < -0.4 is 10.1 Å². The van der Waals surface area contributed by atoms with Crippen LogP contribution in [0.2, 0.25) is 0 Å². The first kappa shape index (κ1) is 19.2. The zero-order chi connectivity index (χ0) is 19.2. The number of nitro benzene ring substituents is 1. The maximum Gasteiger partial charge on any atom is 0.280 e. The Balaban J connectivity index is 1.66. The van der Waals surface area contributed by atoms with Gasteiger partial charge in [-0.1, -0.05) is 0 Å². The molecule has 9 nitrogen and oxygen atoms in total. The van der Waals surface area contributed by atoms with Crippen LogP contribution in [-0.4, -0.2) is 67.2 Å². The Kier molecular flexibility index (Phi) is 6.32. The van der Waals surface area contributed by atoms with E-state index in [1.54, 1.807) is 5.38 Å². The number of nitrogens with one attached hydrogen (secondary N) is 1. The quantitative estimate of drug-likeness (QED) is 0.565. The standard InChI is InChI=1S/C17H20N4O5S/c1-25-15-3-2-12(21(23)24)10-13(15)14-11-27-17(19-14)16(22)18-4-5-20-6-8-26-9-7-20/h2-3,10-11H,4-9H2,1H3,(H,18,22). The summed E-state index contributed by atoms with van der Waals surface area (Å²) in [5.74, 6) is 0.203. The lowest BCUT2D eigenvalue weighted by Gasteiger charge is -2.26. The Bertz CT molecular complexity index is 819. The van der Waals surface area contributed by atoms with Gasteiger partial charge < -0.3 is 14.8 Å². The van der Waals surface area contributed by atoms with E-state index in [0.29, 0.717) is 28.6 Å². The number of benzene rings is 1. The Morgan fingerprint density at radius 1 is 1.44 bits per heavy atom. The lowest BCUT2D eigenvalue weighted by atomic mass is 10.1. The maximum atomic E-state index is 12.3. The molecule has 144 valence electrons. The molecule has 10 heteroatoms. The van der Waals surface area contributed by atoms with Gasteiger partial charge in [0.15, 0.2) is 5.01 Å². The van der Waals surface area contributed by atoms with Crippen molar-refractivity contribution in [2.24, 2.45) is 0 Å². The molecule has 1 N–H and O–H groups in total. The smallest absolute Gasteiger partial charge is 0.280 e. The molecule has 2 aromatic rings. The molecule has 0 atom stereocenters. The number of aromatic nitrogens is 1. The van der Waals surface area contributed by atoms with E-state index in [2.05, 4.69) is 15.2 Å². The molecular weight excluding hydrogens is 372 g/mol. The molecule has 1 amide bonds. The molecule has 1 saturated heterocycles. The molecule has 1 fully saturated rings. The summed E-state index contributed by atoms with van der Waals surface area (Å²) in [6.07, 6.45) is 0. The molecule has 1 aliphatic rings. The average Bonchev–Trinajstić information content (AvgIpc) is 3.18. The number of amides is 1. The minimum atomic E-state index is -0.478. The Hall–Kier alpha value is -2.56. The zero-order valence-corrected chi connectivity index (χ0v) is 15.7. The van der Waals surface area contributed by atoms with Gasteiger partial charge in [0.25, 0.3) is 11.6 Å². The van der Waals surface area contributed by atoms with Gasteiger partial charge in [-0.25, -0.2) is 4.98 Å². The van der Waals surface area contributed by atoms with E-state index in [-0.39, 0.29) is 11.6 Å². The number of methoxy groups -OCH3 is 1. The molecule has 0 saturated carbocycles. The van der Waals surface area contributed by atoms with Crippen LogP contribution in [0.25, 0.3) is 11.3 Å². The fourth-order valence-corrected chi connectivity index (χ4v) is 3.47. The van der Waals surface area contributed by atoms with Crippen molar-refractivity contribution in [2.75, 3.05) is 46.5 Å². The summed E-state index contributed by atoms with van der Waals surface area (Å²) in [6, 6.07) is 4.29. The summed E-state index contributed by atoms with van der Waals surface area (Å²) in [5.41, 5.74) is 0.893. The van der Waals surface area contributed by atoms with Crippen LogP contribution in [0.5, 0.6) is 5.75 Å². The van der Waals surface area contributed by atoms with Gasteiger partial charge in [-0.3, -0.25) is 19.8 Å². The highest BCUT2D eigenvalue weighted by Crippen LogP contribution is 2.33. The highest BCUT2D eigenvalue weighted by atomic mass is 32.1. The SMILES string of the molecule is COc1ccc([N+](=O)[O-])cc1-c1csc(C(=O)NCCN2CCOCC2)n1. The van der Waals surface area contributed by atoms with Gasteiger partial charge in [-0.15, -0.1) is 11.3 Å². The summed E-state index contributed by atoms with van der Waals surface area (Å²) in [6.45, 7) is 4.44. The molecule has 0 radical (unpaired) electrons. The van der Waals surface area contributed by atoms with E-state index in [1.807, 2.05) is 0 Å². The third-order valence-corrected chi connectivity index (χ3v) is 5.03. The maximum absolute atomic E-state index is 12.3. The predicted molar refractivity (Wildman–Crippen MR) is 100 cm³/mol. The molecule has 1 aromatic carbocycles. The molecule has 0 aliphatic carbocycles. The van der Waals surface area contributed by atoms with Gasteiger partial charge in [0.05, 0.1) is 30.9 Å². The number of nitrogens with zero attached hydrogens (tertiary/aromatic N) is 3. The first-order valence-corrected chi connectivity index (χ1v) is 9.33. The van der Waals surface area contributed by atoms with Crippen molar-refractivity contribution in [3.8, 4) is 17.0 Å². The molecule has 1 aromatic heterocycles. The minimum absolute atomic E-state index is 0.0599. The highest BCUT2D eigenvalue weighted by molar-refractivity contribution is 7.12. The lowest BCUT2D eigenvalue weighted by molar-refractivity contribution is -0.384. The largest absolute Gasteiger partial charge is 0.496 e. The molecule has 0 spiro atoms. The van der Waals surface area contributed by atoms with Gasteiger partial charge >= 0.3 is 0 Å². The number of thiazole rings is 1. The zero-order valence-electron chi connectivity index (χ0n) is 14.8. The topological polar surface area (TPSA) is 107 Å². The Morgan fingerprint density at radius 3 is 2.93 bits per heavy atom. The van der Waals surface area contributed by atoms with Crippen molar-refractivity contribution in [3.05, 3.63) is 38.7 Å². The number of carbonyl (C=O) groups is 1. The van der Waals surface area contributed by atoms with Crippen LogP contribution in [0.4, 0.5) is 5.69 Å².